The third kappa shape index (κ3) is 8.52. The number of alkyl halides is 2. The van der Waals surface area contributed by atoms with Crippen LogP contribution in [0.25, 0.3) is 6.08 Å². The topological polar surface area (TPSA) is 96.7 Å². The molecule has 9 heteroatoms. The predicted molar refractivity (Wildman–Crippen MR) is 142 cm³/mol. The quantitative estimate of drug-likeness (QED) is 0.376. The average Bonchev–Trinajstić information content (AvgIpc) is 3.23. The van der Waals surface area contributed by atoms with Crippen molar-refractivity contribution in [2.75, 3.05) is 0 Å². The highest BCUT2D eigenvalue weighted by Gasteiger charge is 2.43. The van der Waals surface area contributed by atoms with Crippen LogP contribution in [0.15, 0.2) is 22.6 Å². The van der Waals surface area contributed by atoms with Crippen molar-refractivity contribution >= 4 is 29.2 Å². The molecule has 0 spiro atoms. The Bertz CT molecular complexity index is 1000. The van der Waals surface area contributed by atoms with Gasteiger partial charge in [0.15, 0.2) is 0 Å². The minimum absolute atomic E-state index is 0.140. The van der Waals surface area contributed by atoms with Crippen molar-refractivity contribution in [2.45, 2.75) is 105 Å². The number of aromatic nitrogens is 1. The smallest absolute Gasteiger partial charge is 0.309 e. The van der Waals surface area contributed by atoms with Crippen molar-refractivity contribution in [1.29, 1.82) is 0 Å². The number of allylic oxidation sites excluding steroid dienone is 1. The first kappa shape index (κ1) is 31.2. The number of aliphatic hydroxyl groups excluding tert-OH is 2. The lowest BCUT2D eigenvalue weighted by molar-refractivity contribution is -0.154. The van der Waals surface area contributed by atoms with E-state index in [9.17, 15) is 28.6 Å². The van der Waals surface area contributed by atoms with E-state index in [0.717, 1.165) is 10.7 Å². The van der Waals surface area contributed by atoms with Gasteiger partial charge in [0, 0.05) is 24.1 Å². The molecule has 1 aliphatic rings. The van der Waals surface area contributed by atoms with E-state index >= 15 is 0 Å². The zero-order valence-corrected chi connectivity index (χ0v) is 23.6. The van der Waals surface area contributed by atoms with Crippen LogP contribution in [0.4, 0.5) is 8.78 Å². The molecule has 0 saturated heterocycles. The number of Topliss-reactive ketones (excluding diaryl/α,β-unsaturated/α-hetero) is 1. The summed E-state index contributed by atoms with van der Waals surface area (Å²) in [6.45, 7) is 11.5. The molecule has 0 fully saturated rings. The first-order valence-corrected chi connectivity index (χ1v) is 13.6. The largest absolute Gasteiger partial charge is 0.457 e. The Morgan fingerprint density at radius 1 is 1.16 bits per heavy atom. The van der Waals surface area contributed by atoms with Crippen LogP contribution in [0.1, 0.15) is 77.9 Å². The fraction of sp³-hybridized carbons (Fsp3) is 0.679. The summed E-state index contributed by atoms with van der Waals surface area (Å²) in [6, 6.07) is 0. The second kappa shape index (κ2) is 13.2. The van der Waals surface area contributed by atoms with E-state index in [1.807, 2.05) is 12.3 Å². The molecule has 2 heterocycles. The number of carbonyl (C=O) groups is 2. The highest BCUT2D eigenvalue weighted by Crippen LogP contribution is 2.33. The Balaban J connectivity index is 2.40. The van der Waals surface area contributed by atoms with E-state index in [0.29, 0.717) is 11.1 Å². The SMILES string of the molecule is C/C1=C/C[C@@H](/C(C)=C/c2csc(C)n2)OC(=O)C[C@H](O)C(C)(C)C(=O)[C@H](C)[C@@H](O)[C@@H](C)CC(F)C(F)C1. The second-order valence-corrected chi connectivity index (χ2v) is 12.0. The number of nitrogens with zero attached hydrogens (tertiary/aromatic N) is 1. The molecule has 1 aromatic rings. The number of rotatable bonds is 2. The highest BCUT2D eigenvalue weighted by molar-refractivity contribution is 7.09. The molecule has 2 rings (SSSR count). The number of hydrogen-bond acceptors (Lipinski definition) is 7. The van der Waals surface area contributed by atoms with Gasteiger partial charge in [-0.3, -0.25) is 9.59 Å². The molecule has 0 saturated carbocycles. The average molecular weight is 542 g/mol. The van der Waals surface area contributed by atoms with Gasteiger partial charge in [-0.2, -0.15) is 0 Å². The van der Waals surface area contributed by atoms with E-state index < -0.39 is 66.1 Å². The molecule has 6 nitrogen and oxygen atoms in total. The number of esters is 1. The van der Waals surface area contributed by atoms with Gasteiger partial charge >= 0.3 is 5.97 Å². The number of ketones is 1. The van der Waals surface area contributed by atoms with Crippen LogP contribution in [0.5, 0.6) is 0 Å². The van der Waals surface area contributed by atoms with Gasteiger partial charge in [-0.25, -0.2) is 13.8 Å². The first-order chi connectivity index (χ1) is 17.1. The van der Waals surface area contributed by atoms with Crippen LogP contribution < -0.4 is 0 Å². The lowest BCUT2D eigenvalue weighted by Gasteiger charge is -2.34. The monoisotopic (exact) mass is 541 g/mol. The fourth-order valence-electron chi connectivity index (χ4n) is 4.59. The molecule has 0 aliphatic carbocycles. The molecular weight excluding hydrogens is 500 g/mol. The molecule has 37 heavy (non-hydrogen) atoms. The maximum absolute atomic E-state index is 14.8. The third-order valence-corrected chi connectivity index (χ3v) is 8.11. The van der Waals surface area contributed by atoms with Crippen LogP contribution in [-0.2, 0) is 14.3 Å². The number of carbonyl (C=O) groups excluding carboxylic acids is 2. The van der Waals surface area contributed by atoms with Gasteiger partial charge in [0.2, 0.25) is 0 Å². The van der Waals surface area contributed by atoms with E-state index in [1.54, 1.807) is 32.9 Å². The molecule has 0 radical (unpaired) electrons. The number of halogens is 2. The van der Waals surface area contributed by atoms with Gasteiger partial charge < -0.3 is 14.9 Å². The van der Waals surface area contributed by atoms with Crippen LogP contribution in [0, 0.1) is 24.2 Å². The minimum atomic E-state index is -1.81. The van der Waals surface area contributed by atoms with E-state index in [2.05, 4.69) is 4.98 Å². The summed E-state index contributed by atoms with van der Waals surface area (Å²) < 4.78 is 35.2. The normalized spacial score (nSPS) is 34.8. The minimum Gasteiger partial charge on any atom is -0.457 e. The summed E-state index contributed by atoms with van der Waals surface area (Å²) in [5.74, 6) is -2.79. The summed E-state index contributed by atoms with van der Waals surface area (Å²) in [5.41, 5.74) is 0.657. The van der Waals surface area contributed by atoms with Crippen LogP contribution >= 0.6 is 11.3 Å². The van der Waals surface area contributed by atoms with Gasteiger partial charge in [0.25, 0.3) is 0 Å². The summed E-state index contributed by atoms with van der Waals surface area (Å²) in [7, 11) is 0. The van der Waals surface area contributed by atoms with Crippen molar-refractivity contribution in [3.8, 4) is 0 Å². The first-order valence-electron chi connectivity index (χ1n) is 12.8. The molecule has 0 amide bonds. The fourth-order valence-corrected chi connectivity index (χ4v) is 5.16. The molecular formula is C28H41F2NO5S. The van der Waals surface area contributed by atoms with Crippen molar-refractivity contribution in [2.24, 2.45) is 17.3 Å². The van der Waals surface area contributed by atoms with Crippen molar-refractivity contribution in [3.05, 3.63) is 33.3 Å². The Morgan fingerprint density at radius 2 is 1.81 bits per heavy atom. The Morgan fingerprint density at radius 3 is 2.41 bits per heavy atom. The second-order valence-electron chi connectivity index (χ2n) is 11.0. The maximum Gasteiger partial charge on any atom is 0.309 e. The van der Waals surface area contributed by atoms with E-state index in [1.165, 1.54) is 32.1 Å². The number of hydrogen-bond donors (Lipinski definition) is 2. The summed E-state index contributed by atoms with van der Waals surface area (Å²) >= 11 is 1.49. The van der Waals surface area contributed by atoms with Gasteiger partial charge in [-0.1, -0.05) is 39.3 Å². The molecule has 1 aliphatic heterocycles. The van der Waals surface area contributed by atoms with E-state index in [-0.39, 0.29) is 19.3 Å². The molecule has 208 valence electrons. The number of cyclic esters (lactones) is 1. The van der Waals surface area contributed by atoms with Crippen LogP contribution in [-0.4, -0.2) is 57.6 Å². The van der Waals surface area contributed by atoms with Crippen molar-refractivity contribution in [3.63, 3.8) is 0 Å². The summed E-state index contributed by atoms with van der Waals surface area (Å²) in [4.78, 5) is 30.5. The zero-order chi connectivity index (χ0) is 28.1. The third-order valence-electron chi connectivity index (χ3n) is 7.32. The molecule has 0 bridgehead atoms. The highest BCUT2D eigenvalue weighted by atomic mass is 32.1. The molecule has 2 N–H and O–H groups in total. The summed E-state index contributed by atoms with van der Waals surface area (Å²) in [6.07, 6.45) is -3.93. The maximum atomic E-state index is 14.8. The van der Waals surface area contributed by atoms with Crippen molar-refractivity contribution < 1.29 is 33.3 Å². The van der Waals surface area contributed by atoms with Gasteiger partial charge in [-0.05, 0) is 44.8 Å². The molecule has 7 atom stereocenters. The van der Waals surface area contributed by atoms with Gasteiger partial charge in [0.1, 0.15) is 24.2 Å². The van der Waals surface area contributed by atoms with Crippen LogP contribution in [0.3, 0.4) is 0 Å². The molecule has 2 unspecified atom stereocenters. The predicted octanol–water partition coefficient (Wildman–Crippen LogP) is 5.55. The lowest BCUT2D eigenvalue weighted by Crippen LogP contribution is -2.46. The summed E-state index contributed by atoms with van der Waals surface area (Å²) in [5, 5.41) is 24.3. The van der Waals surface area contributed by atoms with Crippen LogP contribution in [0.2, 0.25) is 0 Å². The molecule has 1 aromatic heterocycles. The zero-order valence-electron chi connectivity index (χ0n) is 22.8. The standard InChI is InChI=1S/C28H41F2NO5S/c1-15-8-9-23(16(2)11-20-14-37-19(5)31-20)36-25(33)13-24(32)28(6,7)27(35)18(4)26(34)17(3)12-22(30)21(29)10-15/h8,11,14,17-18,21-24,26,32,34H,9-10,12-13H2,1-7H3/b15-8-,16-11+/t17-,18+,21?,22?,23-,24-,26-/m0/s1. The van der Waals surface area contributed by atoms with Gasteiger partial charge in [-0.15, -0.1) is 11.3 Å². The Labute approximate surface area is 222 Å². The number of aliphatic hydroxyl groups is 2. The molecule has 0 aromatic carbocycles. The Hall–Kier alpha value is -1.97. The number of thiazole rings is 1. The van der Waals surface area contributed by atoms with Crippen molar-refractivity contribution in [1.82, 2.24) is 4.98 Å². The van der Waals surface area contributed by atoms with Gasteiger partial charge in [0.05, 0.1) is 34.7 Å². The number of aryl methyl sites for hydroxylation is 1. The van der Waals surface area contributed by atoms with E-state index in [4.69, 9.17) is 4.74 Å². The number of ether oxygens (including phenoxy) is 1. The Kier molecular flexibility index (Phi) is 11.1. The lowest BCUT2D eigenvalue weighted by atomic mass is 9.73.